The number of aliphatic carboxylic acids is 1. The first-order valence-electron chi connectivity index (χ1n) is 15.5. The fourth-order valence-electron chi connectivity index (χ4n) is 5.29. The lowest BCUT2D eigenvalue weighted by atomic mass is 10.0. The van der Waals surface area contributed by atoms with Crippen molar-refractivity contribution in [2.45, 2.75) is 50.8 Å². The van der Waals surface area contributed by atoms with E-state index in [0.29, 0.717) is 31.2 Å². The smallest absolute Gasteiger partial charge is 0.407 e. The predicted octanol–water partition coefficient (Wildman–Crippen LogP) is 4.27. The minimum Gasteiger partial charge on any atom is -0.480 e. The molecule has 0 radical (unpaired) electrons. The fraction of sp³-hybridized carbons (Fsp3) is 0.343. The number of hydrogen-bond donors (Lipinski definition) is 3. The number of likely N-dealkylation sites (tertiary alicyclic amines) is 1. The van der Waals surface area contributed by atoms with Crippen LogP contribution in [0.1, 0.15) is 47.2 Å². The minimum atomic E-state index is -1.09. The topological polar surface area (TPSA) is 145 Å². The molecule has 2 atom stereocenters. The van der Waals surface area contributed by atoms with E-state index in [1.807, 2.05) is 60.7 Å². The highest BCUT2D eigenvalue weighted by Crippen LogP contribution is 2.20. The Morgan fingerprint density at radius 2 is 1.50 bits per heavy atom. The number of carboxylic acids is 1. The summed E-state index contributed by atoms with van der Waals surface area (Å²) < 4.78 is 5.23. The Kier molecular flexibility index (Phi) is 12.7. The molecule has 1 saturated heterocycles. The Morgan fingerprint density at radius 3 is 2.15 bits per heavy atom. The van der Waals surface area contributed by atoms with Crippen LogP contribution in [0, 0.1) is 0 Å². The summed E-state index contributed by atoms with van der Waals surface area (Å²) in [5.74, 6) is -1.88. The summed E-state index contributed by atoms with van der Waals surface area (Å²) >= 11 is 0. The number of ether oxygens (including phenoxy) is 1. The third kappa shape index (κ3) is 10.2. The first-order valence-corrected chi connectivity index (χ1v) is 15.5. The van der Waals surface area contributed by atoms with Crippen LogP contribution in [0.3, 0.4) is 0 Å². The number of benzene rings is 3. The average Bonchev–Trinajstić information content (AvgIpc) is 3.58. The van der Waals surface area contributed by atoms with Gasteiger partial charge in [0.15, 0.2) is 5.78 Å². The van der Waals surface area contributed by atoms with Crippen LogP contribution in [0.25, 0.3) is 0 Å². The van der Waals surface area contributed by atoms with Crippen molar-refractivity contribution >= 4 is 29.8 Å². The van der Waals surface area contributed by atoms with Crippen molar-refractivity contribution in [3.8, 4) is 0 Å². The van der Waals surface area contributed by atoms with Crippen LogP contribution in [0.15, 0.2) is 91.0 Å². The van der Waals surface area contributed by atoms with E-state index in [1.165, 1.54) is 9.80 Å². The zero-order chi connectivity index (χ0) is 32.7. The highest BCUT2D eigenvalue weighted by molar-refractivity contribution is 5.99. The number of nitrogens with zero attached hydrogens (tertiary/aromatic N) is 2. The molecule has 3 aromatic carbocycles. The Balaban J connectivity index is 1.40. The number of unbranched alkanes of at least 4 members (excludes halogenated alkanes) is 1. The van der Waals surface area contributed by atoms with Crippen molar-refractivity contribution in [1.82, 2.24) is 20.4 Å². The molecule has 1 unspecified atom stereocenters. The van der Waals surface area contributed by atoms with Crippen molar-refractivity contribution in [1.29, 1.82) is 0 Å². The maximum absolute atomic E-state index is 13.8. The number of carbonyl (C=O) groups excluding carboxylic acids is 4. The normalized spacial score (nSPS) is 14.6. The molecular weight excluding hydrogens is 588 g/mol. The van der Waals surface area contributed by atoms with Crippen molar-refractivity contribution < 1.29 is 33.8 Å². The van der Waals surface area contributed by atoms with E-state index in [0.717, 1.165) is 11.1 Å². The molecular formula is C35H40N4O7. The highest BCUT2D eigenvalue weighted by atomic mass is 16.5. The summed E-state index contributed by atoms with van der Waals surface area (Å²) in [6.07, 6.45) is 1.45. The lowest BCUT2D eigenvalue weighted by molar-refractivity contribution is -0.141. The van der Waals surface area contributed by atoms with Gasteiger partial charge in [-0.1, -0.05) is 78.9 Å². The average molecular weight is 629 g/mol. The summed E-state index contributed by atoms with van der Waals surface area (Å²) in [7, 11) is 0. The fourth-order valence-corrected chi connectivity index (χ4v) is 5.29. The van der Waals surface area contributed by atoms with Gasteiger partial charge in [0.25, 0.3) is 5.91 Å². The van der Waals surface area contributed by atoms with Gasteiger partial charge >= 0.3 is 18.1 Å². The van der Waals surface area contributed by atoms with Gasteiger partial charge in [-0.25, -0.2) is 14.4 Å². The van der Waals surface area contributed by atoms with Gasteiger partial charge in [0.1, 0.15) is 12.6 Å². The van der Waals surface area contributed by atoms with E-state index in [2.05, 4.69) is 10.6 Å². The standard InChI is InChI=1S/C35H40N4O7/c40-31(29(23-26-13-4-1-5-14-26)37-32(41)28-17-8-3-9-18-28)24-38(35(45)39-22-12-19-30(39)33(42)43)21-11-10-20-36-34(44)46-25-27-15-6-2-7-16-27/h1-9,13-18,29-30H,10-12,19-25H2,(H,36,44)(H,37,41)(H,42,43)/t29?,30-/m0/s1. The van der Waals surface area contributed by atoms with E-state index in [4.69, 9.17) is 4.74 Å². The summed E-state index contributed by atoms with van der Waals surface area (Å²) in [4.78, 5) is 67.2. The number of alkyl carbamates (subject to hydrolysis) is 1. The number of nitrogens with one attached hydrogen (secondary N) is 2. The Labute approximate surface area is 268 Å². The van der Waals surface area contributed by atoms with Crippen molar-refractivity contribution in [3.63, 3.8) is 0 Å². The molecule has 1 fully saturated rings. The summed E-state index contributed by atoms with van der Waals surface area (Å²) in [5.41, 5.74) is 2.10. The van der Waals surface area contributed by atoms with Crippen molar-refractivity contribution in [2.24, 2.45) is 0 Å². The molecule has 1 heterocycles. The quantitative estimate of drug-likeness (QED) is 0.213. The highest BCUT2D eigenvalue weighted by Gasteiger charge is 2.37. The maximum Gasteiger partial charge on any atom is 0.407 e. The Hall–Kier alpha value is -5.19. The van der Waals surface area contributed by atoms with Crippen LogP contribution in [0.5, 0.6) is 0 Å². The molecule has 3 aromatic rings. The zero-order valence-electron chi connectivity index (χ0n) is 25.7. The van der Waals surface area contributed by atoms with Crippen LogP contribution in [0.2, 0.25) is 0 Å². The molecule has 11 nitrogen and oxygen atoms in total. The third-order valence-corrected chi connectivity index (χ3v) is 7.75. The van der Waals surface area contributed by atoms with E-state index < -0.39 is 36.1 Å². The molecule has 0 aromatic heterocycles. The van der Waals surface area contributed by atoms with Crippen molar-refractivity contribution in [3.05, 3.63) is 108 Å². The zero-order valence-corrected chi connectivity index (χ0v) is 25.7. The second kappa shape index (κ2) is 17.3. The number of urea groups is 1. The van der Waals surface area contributed by atoms with Crippen LogP contribution in [0.4, 0.5) is 9.59 Å². The van der Waals surface area contributed by atoms with E-state index in [9.17, 15) is 29.1 Å². The van der Waals surface area contributed by atoms with E-state index in [1.54, 1.807) is 30.3 Å². The molecule has 1 aliphatic rings. The van der Waals surface area contributed by atoms with Crippen molar-refractivity contribution in [2.75, 3.05) is 26.2 Å². The molecule has 11 heteroatoms. The lowest BCUT2D eigenvalue weighted by Gasteiger charge is -2.31. The molecule has 1 aliphatic heterocycles. The second-order valence-electron chi connectivity index (χ2n) is 11.1. The molecule has 0 spiro atoms. The van der Waals surface area contributed by atoms with Crippen LogP contribution in [-0.2, 0) is 27.4 Å². The van der Waals surface area contributed by atoms with Gasteiger partial charge in [-0.3, -0.25) is 9.59 Å². The summed E-state index contributed by atoms with van der Waals surface area (Å²) in [6, 6.07) is 24.7. The summed E-state index contributed by atoms with van der Waals surface area (Å²) in [6.45, 7) is 0.532. The van der Waals surface area contributed by atoms with Gasteiger partial charge < -0.3 is 30.3 Å². The largest absolute Gasteiger partial charge is 0.480 e. The van der Waals surface area contributed by atoms with Gasteiger partial charge in [-0.05, 0) is 55.4 Å². The van der Waals surface area contributed by atoms with Gasteiger partial charge in [0, 0.05) is 25.2 Å². The number of hydrogen-bond acceptors (Lipinski definition) is 6. The first kappa shape index (κ1) is 33.7. The number of carboxylic acid groups (broad SMARTS) is 1. The Morgan fingerprint density at radius 1 is 0.870 bits per heavy atom. The molecule has 3 N–H and O–H groups in total. The van der Waals surface area contributed by atoms with Gasteiger partial charge in [-0.2, -0.15) is 0 Å². The molecule has 4 amide bonds. The lowest BCUT2D eigenvalue weighted by Crippen LogP contribution is -2.52. The maximum atomic E-state index is 13.8. The monoisotopic (exact) mass is 628 g/mol. The SMILES string of the molecule is O=C(NCCCCN(CC(=O)C(Cc1ccccc1)NC(=O)c1ccccc1)C(=O)N1CCC[C@H]1C(=O)O)OCc1ccccc1. The molecule has 0 saturated carbocycles. The van der Waals surface area contributed by atoms with Gasteiger partial charge in [0.2, 0.25) is 0 Å². The van der Waals surface area contributed by atoms with Gasteiger partial charge in [-0.15, -0.1) is 0 Å². The third-order valence-electron chi connectivity index (χ3n) is 7.75. The predicted molar refractivity (Wildman–Crippen MR) is 171 cm³/mol. The number of rotatable bonds is 15. The molecule has 4 rings (SSSR count). The molecule has 0 bridgehead atoms. The van der Waals surface area contributed by atoms with Crippen LogP contribution >= 0.6 is 0 Å². The summed E-state index contributed by atoms with van der Waals surface area (Å²) in [5, 5.41) is 15.2. The second-order valence-corrected chi connectivity index (χ2v) is 11.1. The number of ketones is 1. The first-order chi connectivity index (χ1) is 22.3. The molecule has 0 aliphatic carbocycles. The molecule has 242 valence electrons. The number of Topliss-reactive ketones (excluding diaryl/α,β-unsaturated/α-hetero) is 1. The van der Waals surface area contributed by atoms with E-state index >= 15 is 0 Å². The Bertz CT molecular complexity index is 1450. The minimum absolute atomic E-state index is 0.141. The van der Waals surface area contributed by atoms with Crippen LogP contribution < -0.4 is 10.6 Å². The van der Waals surface area contributed by atoms with Crippen LogP contribution in [-0.4, -0.2) is 83.0 Å². The molecule has 46 heavy (non-hydrogen) atoms. The van der Waals surface area contributed by atoms with E-state index in [-0.39, 0.29) is 45.0 Å². The van der Waals surface area contributed by atoms with Gasteiger partial charge in [0.05, 0.1) is 12.6 Å². The number of carbonyl (C=O) groups is 5. The number of amides is 4.